The van der Waals surface area contributed by atoms with Gasteiger partial charge in [0, 0.05) is 25.1 Å². The predicted octanol–water partition coefficient (Wildman–Crippen LogP) is 4.05. The molecule has 29 heavy (non-hydrogen) atoms. The van der Waals surface area contributed by atoms with E-state index in [0.29, 0.717) is 35.5 Å². The number of oxazole rings is 1. The first-order valence-corrected chi connectivity index (χ1v) is 9.60. The Kier molecular flexibility index (Phi) is 5.68. The molecule has 0 atom stereocenters. The van der Waals surface area contributed by atoms with E-state index in [-0.39, 0.29) is 19.1 Å². The lowest BCUT2D eigenvalue weighted by Gasteiger charge is -2.22. The molecule has 1 heterocycles. The summed E-state index contributed by atoms with van der Waals surface area (Å²) in [4.78, 5) is 19.2. The highest BCUT2D eigenvalue weighted by atomic mass is 16.3. The van der Waals surface area contributed by atoms with Crippen LogP contribution in [0.1, 0.15) is 27.4 Å². The van der Waals surface area contributed by atoms with Crippen LogP contribution in [-0.4, -0.2) is 34.0 Å². The molecule has 5 nitrogen and oxygen atoms in total. The number of aliphatic hydroxyl groups is 1. The molecule has 146 valence electrons. The lowest BCUT2D eigenvalue weighted by atomic mass is 10.1. The van der Waals surface area contributed by atoms with Gasteiger partial charge in [-0.05, 0) is 29.3 Å². The number of aromatic nitrogens is 1. The van der Waals surface area contributed by atoms with E-state index in [1.807, 2.05) is 60.7 Å². The molecule has 0 unspecified atom stereocenters. The molecule has 1 aromatic heterocycles. The van der Waals surface area contributed by atoms with Crippen LogP contribution in [0.5, 0.6) is 0 Å². The van der Waals surface area contributed by atoms with Crippen LogP contribution in [0.15, 0.2) is 83.3 Å². The highest BCUT2D eigenvalue weighted by Crippen LogP contribution is 2.21. The molecule has 1 N–H and O–H groups in total. The number of amides is 1. The van der Waals surface area contributed by atoms with Crippen LogP contribution in [-0.2, 0) is 13.0 Å². The van der Waals surface area contributed by atoms with Gasteiger partial charge < -0.3 is 14.4 Å². The van der Waals surface area contributed by atoms with Crippen molar-refractivity contribution >= 4 is 17.0 Å². The van der Waals surface area contributed by atoms with Crippen LogP contribution in [0.25, 0.3) is 11.1 Å². The minimum absolute atomic E-state index is 0.0913. The highest BCUT2D eigenvalue weighted by Gasteiger charge is 2.17. The average molecular weight is 386 g/mol. The van der Waals surface area contributed by atoms with E-state index in [9.17, 15) is 9.90 Å². The van der Waals surface area contributed by atoms with Crippen LogP contribution in [0, 0.1) is 0 Å². The fourth-order valence-corrected chi connectivity index (χ4v) is 3.31. The number of rotatable bonds is 7. The fraction of sp³-hybridized carbons (Fsp3) is 0.167. The normalized spacial score (nSPS) is 10.9. The molecule has 0 spiro atoms. The summed E-state index contributed by atoms with van der Waals surface area (Å²) in [5.74, 6) is 0.477. The molecule has 0 aliphatic heterocycles. The molecule has 1 amide bonds. The molecule has 5 heteroatoms. The number of carbonyl (C=O) groups is 1. The molecule has 0 radical (unpaired) electrons. The van der Waals surface area contributed by atoms with Crippen molar-refractivity contribution in [1.29, 1.82) is 0 Å². The number of hydrogen-bond donors (Lipinski definition) is 1. The van der Waals surface area contributed by atoms with E-state index in [1.165, 1.54) is 0 Å². The van der Waals surface area contributed by atoms with Gasteiger partial charge in [-0.3, -0.25) is 4.79 Å². The van der Waals surface area contributed by atoms with Crippen LogP contribution in [0.2, 0.25) is 0 Å². The zero-order chi connectivity index (χ0) is 20.1. The molecule has 0 bridgehead atoms. The minimum Gasteiger partial charge on any atom is -0.440 e. The Morgan fingerprint density at radius 1 is 0.931 bits per heavy atom. The van der Waals surface area contributed by atoms with Crippen LogP contribution in [0.4, 0.5) is 0 Å². The van der Waals surface area contributed by atoms with Crippen LogP contribution >= 0.6 is 0 Å². The zero-order valence-corrected chi connectivity index (χ0v) is 16.0. The summed E-state index contributed by atoms with van der Waals surface area (Å²) in [5, 5.41) is 9.40. The second-order valence-electron chi connectivity index (χ2n) is 6.89. The Bertz CT molecular complexity index is 1090. The van der Waals surface area contributed by atoms with E-state index in [2.05, 4.69) is 4.98 Å². The Hall–Kier alpha value is -3.44. The quantitative estimate of drug-likeness (QED) is 0.520. The summed E-state index contributed by atoms with van der Waals surface area (Å²) in [7, 11) is 0. The van der Waals surface area contributed by atoms with Gasteiger partial charge >= 0.3 is 0 Å². The maximum absolute atomic E-state index is 13.0. The highest BCUT2D eigenvalue weighted by molar-refractivity contribution is 5.97. The monoisotopic (exact) mass is 386 g/mol. The largest absolute Gasteiger partial charge is 0.440 e. The Balaban J connectivity index is 1.56. The van der Waals surface area contributed by atoms with E-state index >= 15 is 0 Å². The minimum atomic E-state index is -0.141. The number of carbonyl (C=O) groups excluding carboxylic acids is 1. The lowest BCUT2D eigenvalue weighted by Crippen LogP contribution is -2.33. The van der Waals surface area contributed by atoms with Gasteiger partial charge in [0.1, 0.15) is 5.52 Å². The molecule has 0 aliphatic rings. The van der Waals surface area contributed by atoms with Gasteiger partial charge in [-0.1, -0.05) is 60.7 Å². The summed E-state index contributed by atoms with van der Waals surface area (Å²) in [6, 6.07) is 25.0. The number of nitrogens with zero attached hydrogens (tertiary/aromatic N) is 2. The van der Waals surface area contributed by atoms with Gasteiger partial charge in [-0.25, -0.2) is 4.98 Å². The molecule has 0 fully saturated rings. The van der Waals surface area contributed by atoms with Crippen molar-refractivity contribution in [3.63, 3.8) is 0 Å². The van der Waals surface area contributed by atoms with Gasteiger partial charge in [-0.15, -0.1) is 0 Å². The van der Waals surface area contributed by atoms with Crippen LogP contribution in [0.3, 0.4) is 0 Å². The summed E-state index contributed by atoms with van der Waals surface area (Å²) >= 11 is 0. The number of hydrogen-bond acceptors (Lipinski definition) is 4. The van der Waals surface area contributed by atoms with Crippen molar-refractivity contribution in [2.75, 3.05) is 13.2 Å². The third kappa shape index (κ3) is 4.52. The molecule has 3 aromatic carbocycles. The number of benzene rings is 3. The fourth-order valence-electron chi connectivity index (χ4n) is 3.31. The Morgan fingerprint density at radius 2 is 1.62 bits per heavy atom. The average Bonchev–Trinajstić information content (AvgIpc) is 3.16. The molecule has 0 saturated heterocycles. The van der Waals surface area contributed by atoms with E-state index in [1.54, 1.807) is 23.1 Å². The predicted molar refractivity (Wildman–Crippen MR) is 112 cm³/mol. The first-order chi connectivity index (χ1) is 14.2. The summed E-state index contributed by atoms with van der Waals surface area (Å²) in [6.07, 6.45) is 0.601. The van der Waals surface area contributed by atoms with Crippen molar-refractivity contribution in [2.24, 2.45) is 0 Å². The van der Waals surface area contributed by atoms with Gasteiger partial charge in [0.05, 0.1) is 6.61 Å². The van der Waals surface area contributed by atoms with Crippen molar-refractivity contribution < 1.29 is 14.3 Å². The molecule has 0 aliphatic carbocycles. The number of aliphatic hydroxyl groups excluding tert-OH is 1. The van der Waals surface area contributed by atoms with E-state index < -0.39 is 0 Å². The molecular weight excluding hydrogens is 364 g/mol. The maximum atomic E-state index is 13.0. The van der Waals surface area contributed by atoms with Gasteiger partial charge in [0.25, 0.3) is 5.91 Å². The molecule has 4 aromatic rings. The molecular formula is C24H22N2O3. The Labute approximate surface area is 169 Å². The lowest BCUT2D eigenvalue weighted by molar-refractivity contribution is 0.0708. The van der Waals surface area contributed by atoms with Gasteiger partial charge in [0.15, 0.2) is 11.5 Å². The Morgan fingerprint density at radius 3 is 2.31 bits per heavy atom. The summed E-state index contributed by atoms with van der Waals surface area (Å²) < 4.78 is 5.83. The number of fused-ring (bicyclic) bond motifs is 1. The summed E-state index contributed by atoms with van der Waals surface area (Å²) in [5.41, 5.74) is 3.98. The smallest absolute Gasteiger partial charge is 0.254 e. The first kappa shape index (κ1) is 18.9. The third-order valence-electron chi connectivity index (χ3n) is 4.75. The van der Waals surface area contributed by atoms with Crippen molar-refractivity contribution in [2.45, 2.75) is 13.0 Å². The third-order valence-corrected chi connectivity index (χ3v) is 4.75. The SMILES string of the molecule is O=C(c1ccc2oc(Cc3ccccc3)nc2c1)N(CCO)Cc1ccccc1. The second kappa shape index (κ2) is 8.71. The van der Waals surface area contributed by atoms with Gasteiger partial charge in [-0.2, -0.15) is 0 Å². The molecule has 0 saturated carbocycles. The first-order valence-electron chi connectivity index (χ1n) is 9.60. The topological polar surface area (TPSA) is 66.6 Å². The van der Waals surface area contributed by atoms with Crippen molar-refractivity contribution in [3.05, 3.63) is 101 Å². The van der Waals surface area contributed by atoms with E-state index in [0.717, 1.165) is 11.1 Å². The molecule has 4 rings (SSSR count). The van der Waals surface area contributed by atoms with E-state index in [4.69, 9.17) is 4.42 Å². The summed E-state index contributed by atoms with van der Waals surface area (Å²) in [6.45, 7) is 0.617. The standard InChI is InChI=1S/C24H22N2O3/c27-14-13-26(17-19-9-5-2-6-10-19)24(28)20-11-12-22-21(16-20)25-23(29-22)15-18-7-3-1-4-8-18/h1-12,16,27H,13-15,17H2. The van der Waals surface area contributed by atoms with Crippen molar-refractivity contribution in [1.82, 2.24) is 9.88 Å². The van der Waals surface area contributed by atoms with Crippen LogP contribution < -0.4 is 0 Å². The second-order valence-corrected chi connectivity index (χ2v) is 6.89. The van der Waals surface area contributed by atoms with Crippen molar-refractivity contribution in [3.8, 4) is 0 Å². The van der Waals surface area contributed by atoms with Gasteiger partial charge in [0.2, 0.25) is 0 Å². The maximum Gasteiger partial charge on any atom is 0.254 e. The zero-order valence-electron chi connectivity index (χ0n) is 16.0.